The Kier molecular flexibility index (Phi) is 42.2. The highest BCUT2D eigenvalue weighted by atomic mass is 16.5. The largest absolute Gasteiger partial charge is 0.462 e. The molecule has 1 amide bonds. The van der Waals surface area contributed by atoms with Crippen LogP contribution in [0.1, 0.15) is 252 Å². The summed E-state index contributed by atoms with van der Waals surface area (Å²) in [4.78, 5) is 26.0. The summed E-state index contributed by atoms with van der Waals surface area (Å²) in [5.74, 6) is -0.508. The predicted octanol–water partition coefficient (Wildman–Crippen LogP) is 14.0. The molecule has 0 bridgehead atoms. The monoisotopic (exact) mass is 776 g/mol. The molecule has 0 aromatic rings. The molecule has 6 heteroatoms. The lowest BCUT2D eigenvalue weighted by atomic mass is 10.0. The summed E-state index contributed by atoms with van der Waals surface area (Å²) in [7, 11) is 0. The maximum atomic E-state index is 13.1. The number of ether oxygens (including phenoxy) is 1. The smallest absolute Gasteiger partial charge is 0.306 e. The molecule has 3 unspecified atom stereocenters. The van der Waals surface area contributed by atoms with Crippen molar-refractivity contribution in [1.82, 2.24) is 5.32 Å². The van der Waals surface area contributed by atoms with Gasteiger partial charge < -0.3 is 20.3 Å². The maximum Gasteiger partial charge on any atom is 0.306 e. The van der Waals surface area contributed by atoms with Gasteiger partial charge in [0.25, 0.3) is 0 Å². The normalized spacial score (nSPS) is 13.5. The first kappa shape index (κ1) is 53.3. The number of carbonyl (C=O) groups is 2. The number of amides is 1. The fourth-order valence-corrected chi connectivity index (χ4v) is 7.31. The van der Waals surface area contributed by atoms with Gasteiger partial charge in [-0.2, -0.15) is 0 Å². The number of unbranched alkanes of at least 4 members (excludes halogenated alkanes) is 27. The quantitative estimate of drug-likeness (QED) is 0.0326. The standard InChI is InChI=1S/C49H93NO5/c1-4-7-10-13-16-19-21-22-23-24-25-27-30-33-36-39-42-49(54)55-45(40-37-34-31-29-26-20-17-14-11-8-5-2)43-48(53)50-46(44-51)47(52)41-38-35-32-28-18-15-12-9-6-3/h23-24,29,31,45-47,51-52H,4-22,25-28,30,32-44H2,1-3H3,(H,50,53)/b24-23+,31-29-. The topological polar surface area (TPSA) is 95.9 Å². The molecule has 0 aromatic carbocycles. The van der Waals surface area contributed by atoms with Gasteiger partial charge in [0.05, 0.1) is 25.2 Å². The van der Waals surface area contributed by atoms with Gasteiger partial charge in [0.2, 0.25) is 5.91 Å². The van der Waals surface area contributed by atoms with Crippen molar-refractivity contribution in [1.29, 1.82) is 0 Å². The summed E-state index contributed by atoms with van der Waals surface area (Å²) in [5, 5.41) is 23.6. The Balaban J connectivity index is 4.56. The number of nitrogens with one attached hydrogen (secondary N) is 1. The Hall–Kier alpha value is -1.66. The average molecular weight is 776 g/mol. The third-order valence-corrected chi connectivity index (χ3v) is 11.0. The molecular weight excluding hydrogens is 683 g/mol. The molecule has 0 aliphatic heterocycles. The van der Waals surface area contributed by atoms with Crippen LogP contribution in [-0.4, -0.2) is 46.9 Å². The Morgan fingerprint density at radius 2 is 0.891 bits per heavy atom. The van der Waals surface area contributed by atoms with Gasteiger partial charge in [0.15, 0.2) is 0 Å². The minimum Gasteiger partial charge on any atom is -0.462 e. The zero-order chi connectivity index (χ0) is 40.3. The van der Waals surface area contributed by atoms with Crippen molar-refractivity contribution in [3.63, 3.8) is 0 Å². The van der Waals surface area contributed by atoms with Gasteiger partial charge in [-0.1, -0.05) is 193 Å². The van der Waals surface area contributed by atoms with Crippen LogP contribution >= 0.6 is 0 Å². The second-order valence-electron chi connectivity index (χ2n) is 16.5. The van der Waals surface area contributed by atoms with E-state index in [0.29, 0.717) is 19.3 Å². The van der Waals surface area contributed by atoms with Gasteiger partial charge in [-0.05, 0) is 70.6 Å². The lowest BCUT2D eigenvalue weighted by Crippen LogP contribution is -2.46. The van der Waals surface area contributed by atoms with E-state index in [1.165, 1.54) is 141 Å². The van der Waals surface area contributed by atoms with Gasteiger partial charge in [-0.3, -0.25) is 9.59 Å². The number of aliphatic hydroxyl groups is 2. The van der Waals surface area contributed by atoms with E-state index in [-0.39, 0.29) is 24.9 Å². The van der Waals surface area contributed by atoms with E-state index in [1.54, 1.807) is 0 Å². The molecule has 0 radical (unpaired) electrons. The highest BCUT2D eigenvalue weighted by Crippen LogP contribution is 2.17. The predicted molar refractivity (Wildman–Crippen MR) is 236 cm³/mol. The van der Waals surface area contributed by atoms with Crippen molar-refractivity contribution in [3.05, 3.63) is 24.3 Å². The number of rotatable bonds is 43. The molecule has 0 heterocycles. The lowest BCUT2D eigenvalue weighted by Gasteiger charge is -2.24. The number of carbonyl (C=O) groups excluding carboxylic acids is 2. The van der Waals surface area contributed by atoms with Crippen molar-refractivity contribution in [2.75, 3.05) is 6.61 Å². The SMILES string of the molecule is CCCCCCCC/C=C\CCCC(CC(=O)NC(CO)C(O)CCCCCCCCCCC)OC(=O)CCCCCCC/C=C/CCCCCCCCC. The molecule has 0 rings (SSSR count). The van der Waals surface area contributed by atoms with Crippen molar-refractivity contribution in [3.8, 4) is 0 Å². The Labute approximate surface area is 341 Å². The molecule has 0 spiro atoms. The van der Waals surface area contributed by atoms with Crippen LogP contribution in [0.15, 0.2) is 24.3 Å². The first-order valence-electron chi connectivity index (χ1n) is 24.1. The van der Waals surface area contributed by atoms with Crippen molar-refractivity contribution >= 4 is 11.9 Å². The van der Waals surface area contributed by atoms with Crippen molar-refractivity contribution < 1.29 is 24.5 Å². The van der Waals surface area contributed by atoms with Crippen LogP contribution < -0.4 is 5.32 Å². The highest BCUT2D eigenvalue weighted by Gasteiger charge is 2.24. The molecule has 55 heavy (non-hydrogen) atoms. The van der Waals surface area contributed by atoms with Gasteiger partial charge in [0.1, 0.15) is 6.10 Å². The van der Waals surface area contributed by atoms with Crippen LogP contribution in [0.25, 0.3) is 0 Å². The molecule has 3 atom stereocenters. The molecule has 0 saturated carbocycles. The second kappa shape index (κ2) is 43.5. The Bertz CT molecular complexity index is 873. The maximum absolute atomic E-state index is 13.1. The number of aliphatic hydroxyl groups excluding tert-OH is 2. The minimum atomic E-state index is -0.790. The third-order valence-electron chi connectivity index (χ3n) is 11.0. The van der Waals surface area contributed by atoms with Crippen LogP contribution in [0.3, 0.4) is 0 Å². The molecule has 324 valence electrons. The van der Waals surface area contributed by atoms with E-state index < -0.39 is 18.2 Å². The van der Waals surface area contributed by atoms with Gasteiger partial charge >= 0.3 is 5.97 Å². The van der Waals surface area contributed by atoms with Crippen LogP contribution in [0.4, 0.5) is 0 Å². The number of hydrogen-bond donors (Lipinski definition) is 3. The lowest BCUT2D eigenvalue weighted by molar-refractivity contribution is -0.151. The van der Waals surface area contributed by atoms with Gasteiger partial charge in [-0.25, -0.2) is 0 Å². The fourth-order valence-electron chi connectivity index (χ4n) is 7.31. The first-order chi connectivity index (χ1) is 27.0. The summed E-state index contributed by atoms with van der Waals surface area (Å²) >= 11 is 0. The van der Waals surface area contributed by atoms with Crippen LogP contribution in [-0.2, 0) is 14.3 Å². The zero-order valence-electron chi connectivity index (χ0n) is 36.8. The summed E-state index contributed by atoms with van der Waals surface area (Å²) < 4.78 is 5.89. The van der Waals surface area contributed by atoms with E-state index >= 15 is 0 Å². The molecule has 0 saturated heterocycles. The Morgan fingerprint density at radius 1 is 0.509 bits per heavy atom. The first-order valence-corrected chi connectivity index (χ1v) is 24.1. The zero-order valence-corrected chi connectivity index (χ0v) is 36.8. The van der Waals surface area contributed by atoms with Gasteiger partial charge in [0, 0.05) is 6.42 Å². The molecule has 0 aliphatic rings. The van der Waals surface area contributed by atoms with Crippen LogP contribution in [0, 0.1) is 0 Å². The molecule has 3 N–H and O–H groups in total. The van der Waals surface area contributed by atoms with Crippen LogP contribution in [0.5, 0.6) is 0 Å². The minimum absolute atomic E-state index is 0.0565. The fraction of sp³-hybridized carbons (Fsp3) is 0.878. The molecule has 6 nitrogen and oxygen atoms in total. The van der Waals surface area contributed by atoms with E-state index in [4.69, 9.17) is 4.74 Å². The summed E-state index contributed by atoms with van der Waals surface area (Å²) in [6, 6.07) is -0.705. The number of allylic oxidation sites excluding steroid dienone is 4. The van der Waals surface area contributed by atoms with E-state index in [1.807, 2.05) is 0 Å². The van der Waals surface area contributed by atoms with Crippen molar-refractivity contribution in [2.24, 2.45) is 0 Å². The number of esters is 1. The van der Waals surface area contributed by atoms with Crippen molar-refractivity contribution in [2.45, 2.75) is 270 Å². The number of hydrogen-bond acceptors (Lipinski definition) is 5. The summed E-state index contributed by atoms with van der Waals surface area (Å²) in [5.41, 5.74) is 0. The summed E-state index contributed by atoms with van der Waals surface area (Å²) in [6.07, 6.45) is 48.2. The average Bonchev–Trinajstić information content (AvgIpc) is 3.18. The van der Waals surface area contributed by atoms with E-state index in [9.17, 15) is 19.8 Å². The Morgan fingerprint density at radius 3 is 1.33 bits per heavy atom. The van der Waals surface area contributed by atoms with E-state index in [2.05, 4.69) is 50.4 Å². The second-order valence-corrected chi connectivity index (χ2v) is 16.5. The van der Waals surface area contributed by atoms with Crippen LogP contribution in [0.2, 0.25) is 0 Å². The molecule has 0 aliphatic carbocycles. The summed E-state index contributed by atoms with van der Waals surface area (Å²) in [6.45, 7) is 6.44. The molecular formula is C49H93NO5. The molecule has 0 aromatic heterocycles. The highest BCUT2D eigenvalue weighted by molar-refractivity contribution is 5.77. The third kappa shape index (κ3) is 39.0. The van der Waals surface area contributed by atoms with Gasteiger partial charge in [-0.15, -0.1) is 0 Å². The van der Waals surface area contributed by atoms with E-state index in [0.717, 1.165) is 64.2 Å². The molecule has 0 fully saturated rings.